The third-order valence-corrected chi connectivity index (χ3v) is 4.32. The number of hydrogen-bond donors (Lipinski definition) is 2. The molecular weight excluding hydrogens is 332 g/mol. The third-order valence-electron chi connectivity index (χ3n) is 4.32. The normalized spacial score (nSPS) is 14.7. The van der Waals surface area contributed by atoms with E-state index >= 15 is 0 Å². The highest BCUT2D eigenvalue weighted by molar-refractivity contribution is 5.95. The number of pyridine rings is 1. The highest BCUT2D eigenvalue weighted by Crippen LogP contribution is 2.24. The lowest BCUT2D eigenvalue weighted by Crippen LogP contribution is -2.25. The number of nitrogens with zero attached hydrogens (tertiary/aromatic N) is 1. The van der Waals surface area contributed by atoms with Crippen LogP contribution in [0.15, 0.2) is 47.7 Å². The summed E-state index contributed by atoms with van der Waals surface area (Å²) in [4.78, 5) is 27.9. The quantitative estimate of drug-likeness (QED) is 0.806. The van der Waals surface area contributed by atoms with Crippen LogP contribution in [-0.4, -0.2) is 29.1 Å². The van der Waals surface area contributed by atoms with E-state index in [1.807, 2.05) is 30.3 Å². The van der Waals surface area contributed by atoms with E-state index in [0.717, 1.165) is 23.7 Å². The third kappa shape index (κ3) is 3.91. The van der Waals surface area contributed by atoms with E-state index in [0.29, 0.717) is 35.6 Å². The van der Waals surface area contributed by atoms with E-state index in [1.54, 1.807) is 6.08 Å². The molecule has 2 aromatic rings. The van der Waals surface area contributed by atoms with Gasteiger partial charge in [0, 0.05) is 22.7 Å². The smallest absolute Gasteiger partial charge is 0.333 e. The second kappa shape index (κ2) is 7.82. The van der Waals surface area contributed by atoms with Crippen LogP contribution in [0.2, 0.25) is 0 Å². The predicted molar refractivity (Wildman–Crippen MR) is 98.6 cm³/mol. The Labute approximate surface area is 151 Å². The van der Waals surface area contributed by atoms with E-state index in [1.165, 1.54) is 13.2 Å². The fourth-order valence-corrected chi connectivity index (χ4v) is 3.03. The first kappa shape index (κ1) is 17.7. The molecule has 1 amide bonds. The molecule has 1 heterocycles. The highest BCUT2D eigenvalue weighted by atomic mass is 16.5. The molecule has 1 aliphatic rings. The van der Waals surface area contributed by atoms with Gasteiger partial charge in [-0.1, -0.05) is 18.2 Å². The fraction of sp³-hybridized carbons (Fsp3) is 0.250. The van der Waals surface area contributed by atoms with Crippen molar-refractivity contribution in [2.75, 3.05) is 7.11 Å². The van der Waals surface area contributed by atoms with Gasteiger partial charge in [0.1, 0.15) is 0 Å². The van der Waals surface area contributed by atoms with Crippen LogP contribution >= 0.6 is 0 Å². The number of amides is 1. The summed E-state index contributed by atoms with van der Waals surface area (Å²) in [6, 6.07) is 9.54. The topological polar surface area (TPSA) is 88.5 Å². The van der Waals surface area contributed by atoms with Gasteiger partial charge >= 0.3 is 5.97 Å². The van der Waals surface area contributed by atoms with E-state index in [4.69, 9.17) is 4.74 Å². The number of methoxy groups -OCH3 is 1. The van der Waals surface area contributed by atoms with Gasteiger partial charge in [-0.25, -0.2) is 9.78 Å². The van der Waals surface area contributed by atoms with Gasteiger partial charge in [0.2, 0.25) is 11.8 Å². The molecule has 0 fully saturated rings. The molecule has 1 aromatic heterocycles. The first-order valence-electron chi connectivity index (χ1n) is 8.46. The molecule has 26 heavy (non-hydrogen) atoms. The number of benzene rings is 1. The maximum Gasteiger partial charge on any atom is 0.333 e. The van der Waals surface area contributed by atoms with Crippen LogP contribution in [0.5, 0.6) is 5.88 Å². The van der Waals surface area contributed by atoms with Gasteiger partial charge in [0.05, 0.1) is 18.2 Å². The van der Waals surface area contributed by atoms with Crippen molar-refractivity contribution in [2.24, 2.45) is 0 Å². The number of fused-ring (bicyclic) bond motifs is 1. The van der Waals surface area contributed by atoms with Gasteiger partial charge in [-0.2, -0.15) is 0 Å². The minimum Gasteiger partial charge on any atom is -0.481 e. The van der Waals surface area contributed by atoms with E-state index < -0.39 is 5.97 Å². The molecule has 0 atom stereocenters. The van der Waals surface area contributed by atoms with Gasteiger partial charge in [0.25, 0.3) is 0 Å². The molecule has 0 saturated heterocycles. The highest BCUT2D eigenvalue weighted by Gasteiger charge is 2.19. The Bertz CT molecular complexity index is 915. The van der Waals surface area contributed by atoms with Crippen molar-refractivity contribution in [3.8, 4) is 5.88 Å². The molecule has 1 aromatic carbocycles. The summed E-state index contributed by atoms with van der Waals surface area (Å²) in [6.07, 6.45) is 5.75. The Balaban J connectivity index is 1.82. The van der Waals surface area contributed by atoms with E-state index in [2.05, 4.69) is 10.3 Å². The molecule has 0 radical (unpaired) electrons. The summed E-state index contributed by atoms with van der Waals surface area (Å²) < 4.78 is 5.30. The van der Waals surface area contributed by atoms with Crippen LogP contribution in [0.25, 0.3) is 17.0 Å². The Morgan fingerprint density at radius 1 is 1.23 bits per heavy atom. The van der Waals surface area contributed by atoms with Crippen molar-refractivity contribution >= 4 is 28.9 Å². The second-order valence-electron chi connectivity index (χ2n) is 6.07. The Morgan fingerprint density at radius 3 is 2.77 bits per heavy atom. The number of carboxylic acids is 1. The molecule has 1 aliphatic carbocycles. The van der Waals surface area contributed by atoms with Crippen LogP contribution in [0.4, 0.5) is 0 Å². The number of nitrogens with one attached hydrogen (secondary N) is 1. The molecule has 0 spiro atoms. The first-order chi connectivity index (χ1) is 12.6. The van der Waals surface area contributed by atoms with Crippen molar-refractivity contribution in [3.05, 3.63) is 53.2 Å². The molecule has 0 bridgehead atoms. The summed E-state index contributed by atoms with van der Waals surface area (Å²) in [5.41, 5.74) is 2.28. The zero-order valence-corrected chi connectivity index (χ0v) is 14.5. The van der Waals surface area contributed by atoms with Crippen LogP contribution in [0.3, 0.4) is 0 Å². The number of aliphatic carboxylic acids is 1. The lowest BCUT2D eigenvalue weighted by atomic mass is 9.96. The van der Waals surface area contributed by atoms with Gasteiger partial charge in [-0.3, -0.25) is 4.79 Å². The predicted octanol–water partition coefficient (Wildman–Crippen LogP) is 3.29. The second-order valence-corrected chi connectivity index (χ2v) is 6.07. The zero-order chi connectivity index (χ0) is 18.5. The van der Waals surface area contributed by atoms with Crippen LogP contribution < -0.4 is 10.1 Å². The van der Waals surface area contributed by atoms with Gasteiger partial charge < -0.3 is 15.2 Å². The molecule has 0 saturated carbocycles. The number of carbonyl (C=O) groups is 2. The van der Waals surface area contributed by atoms with Crippen molar-refractivity contribution in [2.45, 2.75) is 25.7 Å². The Hall–Kier alpha value is -3.15. The number of carboxylic acid groups (broad SMARTS) is 1. The number of rotatable bonds is 5. The first-order valence-corrected chi connectivity index (χ1v) is 8.46. The average molecular weight is 352 g/mol. The number of allylic oxidation sites excluding steroid dienone is 1. The summed E-state index contributed by atoms with van der Waals surface area (Å²) in [6.45, 7) is 0. The van der Waals surface area contributed by atoms with Crippen LogP contribution in [0, 0.1) is 0 Å². The van der Waals surface area contributed by atoms with Crippen molar-refractivity contribution in [1.82, 2.24) is 10.3 Å². The van der Waals surface area contributed by atoms with Crippen molar-refractivity contribution in [3.63, 3.8) is 0 Å². The lowest BCUT2D eigenvalue weighted by molar-refractivity contribution is -0.133. The number of para-hydroxylation sites is 1. The van der Waals surface area contributed by atoms with Gasteiger partial charge in [0.15, 0.2) is 0 Å². The molecule has 6 nitrogen and oxygen atoms in total. The fourth-order valence-electron chi connectivity index (χ4n) is 3.03. The SMILES string of the molecule is COc1nc2ccccc2cc1/C=C/C(=O)NC1=C(C(=O)O)CCCC1. The summed E-state index contributed by atoms with van der Waals surface area (Å²) in [5, 5.41) is 12.9. The Morgan fingerprint density at radius 2 is 2.00 bits per heavy atom. The lowest BCUT2D eigenvalue weighted by Gasteiger charge is -2.17. The van der Waals surface area contributed by atoms with Crippen LogP contribution in [0.1, 0.15) is 31.2 Å². The van der Waals surface area contributed by atoms with E-state index in [-0.39, 0.29) is 5.91 Å². The van der Waals surface area contributed by atoms with Crippen LogP contribution in [-0.2, 0) is 9.59 Å². The monoisotopic (exact) mass is 352 g/mol. The van der Waals surface area contributed by atoms with Crippen molar-refractivity contribution in [1.29, 1.82) is 0 Å². The number of carbonyl (C=O) groups excluding carboxylic acids is 1. The molecule has 6 heteroatoms. The van der Waals surface area contributed by atoms with Gasteiger partial charge in [-0.05, 0) is 43.9 Å². The van der Waals surface area contributed by atoms with Crippen molar-refractivity contribution < 1.29 is 19.4 Å². The summed E-state index contributed by atoms with van der Waals surface area (Å²) in [5.74, 6) is -0.906. The summed E-state index contributed by atoms with van der Waals surface area (Å²) in [7, 11) is 1.53. The molecule has 2 N–H and O–H groups in total. The summed E-state index contributed by atoms with van der Waals surface area (Å²) >= 11 is 0. The van der Waals surface area contributed by atoms with Gasteiger partial charge in [-0.15, -0.1) is 0 Å². The minimum atomic E-state index is -0.968. The molecular formula is C20H20N2O4. The van der Waals surface area contributed by atoms with E-state index in [9.17, 15) is 14.7 Å². The minimum absolute atomic E-state index is 0.294. The zero-order valence-electron chi connectivity index (χ0n) is 14.5. The Kier molecular flexibility index (Phi) is 5.31. The maximum atomic E-state index is 12.2. The molecule has 0 unspecified atom stereocenters. The number of ether oxygens (including phenoxy) is 1. The molecule has 134 valence electrons. The largest absolute Gasteiger partial charge is 0.481 e. The maximum absolute atomic E-state index is 12.2. The molecule has 3 rings (SSSR count). The average Bonchev–Trinajstić information content (AvgIpc) is 2.65. The standard InChI is InChI=1S/C20H20N2O4/c1-26-19-14(12-13-6-2-4-8-16(13)22-19)10-11-18(23)21-17-9-5-3-7-15(17)20(24)25/h2,4,6,8,10-12H,3,5,7,9H2,1H3,(H,21,23)(H,24,25)/b11-10+. The molecule has 0 aliphatic heterocycles. The number of aromatic nitrogens is 1. The number of hydrogen-bond acceptors (Lipinski definition) is 4.